The van der Waals surface area contributed by atoms with Crippen LogP contribution in [0.1, 0.15) is 0 Å². The van der Waals surface area contributed by atoms with Crippen molar-refractivity contribution < 1.29 is 26.7 Å². The van der Waals surface area contributed by atoms with Crippen molar-refractivity contribution >= 4 is 31.4 Å². The highest BCUT2D eigenvalue weighted by Gasteiger charge is 2.46. The third-order valence-electron chi connectivity index (χ3n) is 4.07. The number of phenols is 1. The van der Waals surface area contributed by atoms with Gasteiger partial charge in [0.05, 0.1) is 4.90 Å². The number of aromatic hydroxyl groups is 1. The molecule has 144 valence electrons. The van der Waals surface area contributed by atoms with E-state index in [1.165, 1.54) is 6.07 Å². The number of rotatable bonds is 1. The predicted molar refractivity (Wildman–Crippen MR) is 103 cm³/mol. The Kier molecular flexibility index (Phi) is 5.29. The number of halogens is 3. The molecule has 0 fully saturated rings. The number of sulfone groups is 1. The van der Waals surface area contributed by atoms with Crippen molar-refractivity contribution in [3.8, 4) is 5.75 Å². The Hall–Kier alpha value is -3.06. The molecule has 0 aliphatic rings. The smallest absolute Gasteiger partial charge is 0.501 e. The Bertz CT molecular complexity index is 1230. The number of alkyl halides is 3. The third kappa shape index (κ3) is 4.09. The van der Waals surface area contributed by atoms with Crippen LogP contribution in [0, 0.1) is 0 Å². The molecule has 0 amide bonds. The fourth-order valence-corrected chi connectivity index (χ4v) is 3.44. The second kappa shape index (κ2) is 7.52. The van der Waals surface area contributed by atoms with Gasteiger partial charge in [-0.1, -0.05) is 60.7 Å². The van der Waals surface area contributed by atoms with Crippen LogP contribution in [0.25, 0.3) is 21.5 Å². The van der Waals surface area contributed by atoms with E-state index in [9.17, 15) is 21.6 Å². The molecule has 4 aromatic rings. The van der Waals surface area contributed by atoms with Gasteiger partial charge in [0.15, 0.2) is 0 Å². The molecule has 4 aromatic carbocycles. The van der Waals surface area contributed by atoms with Crippen molar-refractivity contribution in [1.82, 2.24) is 0 Å². The number of benzene rings is 4. The van der Waals surface area contributed by atoms with E-state index in [1.54, 1.807) is 36.4 Å². The van der Waals surface area contributed by atoms with Crippen LogP contribution in [0.5, 0.6) is 5.75 Å². The molecule has 0 bridgehead atoms. The van der Waals surface area contributed by atoms with E-state index in [4.69, 9.17) is 5.11 Å². The van der Waals surface area contributed by atoms with E-state index in [0.717, 1.165) is 22.9 Å². The van der Waals surface area contributed by atoms with E-state index in [-0.39, 0.29) is 0 Å². The van der Waals surface area contributed by atoms with Gasteiger partial charge >= 0.3 is 5.51 Å². The van der Waals surface area contributed by atoms with Gasteiger partial charge in [-0.15, -0.1) is 0 Å². The molecule has 7 heteroatoms. The van der Waals surface area contributed by atoms with Gasteiger partial charge in [-0.3, -0.25) is 0 Å². The summed E-state index contributed by atoms with van der Waals surface area (Å²) in [6.07, 6.45) is 0. The van der Waals surface area contributed by atoms with Crippen molar-refractivity contribution in [2.45, 2.75) is 10.4 Å². The minimum absolute atomic E-state index is 0.323. The van der Waals surface area contributed by atoms with Crippen molar-refractivity contribution in [3.63, 3.8) is 0 Å². The summed E-state index contributed by atoms with van der Waals surface area (Å²) in [5.74, 6) is 0.323. The quantitative estimate of drug-likeness (QED) is 0.444. The molecule has 0 aromatic heterocycles. The largest absolute Gasteiger partial charge is 0.508 e. The molecule has 4 rings (SSSR count). The highest BCUT2D eigenvalue weighted by molar-refractivity contribution is 7.92. The second-order valence-electron chi connectivity index (χ2n) is 5.99. The van der Waals surface area contributed by atoms with Gasteiger partial charge in [0, 0.05) is 0 Å². The van der Waals surface area contributed by atoms with E-state index in [1.807, 2.05) is 30.3 Å². The van der Waals surface area contributed by atoms with Crippen molar-refractivity contribution in [2.75, 3.05) is 0 Å². The minimum Gasteiger partial charge on any atom is -0.508 e. The molecule has 0 radical (unpaired) electrons. The molecule has 0 saturated heterocycles. The topological polar surface area (TPSA) is 54.4 Å². The van der Waals surface area contributed by atoms with Gasteiger partial charge in [0.2, 0.25) is 0 Å². The van der Waals surface area contributed by atoms with Gasteiger partial charge < -0.3 is 5.11 Å². The lowest BCUT2D eigenvalue weighted by atomic mass is 10.1. The summed E-state index contributed by atoms with van der Waals surface area (Å²) in [4.78, 5) is -0.733. The molecule has 3 nitrogen and oxygen atoms in total. The molecule has 0 aliphatic carbocycles. The molecular formula is C21H15F3O3S. The standard InChI is InChI=1S/C11H7F3O2S.C10H8O/c12-11(13,14)17(15,16)10-6-5-8-3-1-2-4-9(8)7-10;11-10-6-5-8-3-1-2-4-9(8)7-10/h1-7H;1-7,11H. The fourth-order valence-electron chi connectivity index (χ4n) is 2.64. The van der Waals surface area contributed by atoms with Crippen LogP contribution in [0.2, 0.25) is 0 Å². The Morgan fingerprint density at radius 3 is 1.64 bits per heavy atom. The van der Waals surface area contributed by atoms with Crippen LogP contribution in [0.3, 0.4) is 0 Å². The Morgan fingerprint density at radius 2 is 1.11 bits per heavy atom. The lowest BCUT2D eigenvalue weighted by molar-refractivity contribution is -0.0435. The number of hydrogen-bond donors (Lipinski definition) is 1. The van der Waals surface area contributed by atoms with Gasteiger partial charge in [-0.25, -0.2) is 8.42 Å². The fraction of sp³-hybridized carbons (Fsp3) is 0.0476. The summed E-state index contributed by atoms with van der Waals surface area (Å²) in [6, 6.07) is 23.3. The maximum absolute atomic E-state index is 12.3. The van der Waals surface area contributed by atoms with Crippen molar-refractivity contribution in [3.05, 3.63) is 84.9 Å². The molecule has 0 unspecified atom stereocenters. The summed E-state index contributed by atoms with van der Waals surface area (Å²) < 4.78 is 59.3. The van der Waals surface area contributed by atoms with Gasteiger partial charge in [-0.2, -0.15) is 13.2 Å². The summed E-state index contributed by atoms with van der Waals surface area (Å²) in [5, 5.41) is 12.5. The molecule has 0 saturated carbocycles. The SMILES string of the molecule is O=S(=O)(c1ccc2ccccc2c1)C(F)(F)F.Oc1ccc2ccccc2c1. The third-order valence-corrected chi connectivity index (χ3v) is 5.55. The van der Waals surface area contributed by atoms with Crippen LogP contribution in [0.4, 0.5) is 13.2 Å². The first-order chi connectivity index (χ1) is 13.2. The predicted octanol–water partition coefficient (Wildman–Crippen LogP) is 5.68. The van der Waals surface area contributed by atoms with E-state index >= 15 is 0 Å². The van der Waals surface area contributed by atoms with Crippen molar-refractivity contribution in [1.29, 1.82) is 0 Å². The summed E-state index contributed by atoms with van der Waals surface area (Å²) in [5.41, 5.74) is -5.27. The van der Waals surface area contributed by atoms with E-state index in [0.29, 0.717) is 16.5 Å². The number of phenolic OH excluding ortho intramolecular Hbond substituents is 1. The average Bonchev–Trinajstić information content (AvgIpc) is 2.67. The Morgan fingerprint density at radius 1 is 0.643 bits per heavy atom. The molecular weight excluding hydrogens is 389 g/mol. The first-order valence-electron chi connectivity index (χ1n) is 8.16. The normalized spacial score (nSPS) is 11.8. The zero-order valence-corrected chi connectivity index (χ0v) is 15.2. The summed E-state index contributed by atoms with van der Waals surface area (Å²) in [6.45, 7) is 0. The maximum atomic E-state index is 12.3. The molecule has 0 atom stereocenters. The van der Waals surface area contributed by atoms with Crippen LogP contribution in [0.15, 0.2) is 89.8 Å². The Balaban J connectivity index is 0.000000176. The zero-order valence-electron chi connectivity index (χ0n) is 14.4. The summed E-state index contributed by atoms with van der Waals surface area (Å²) in [7, 11) is -5.27. The van der Waals surface area contributed by atoms with Gasteiger partial charge in [-0.05, 0) is 45.8 Å². The average molecular weight is 404 g/mol. The minimum atomic E-state index is -5.27. The first-order valence-corrected chi connectivity index (χ1v) is 9.65. The monoisotopic (exact) mass is 404 g/mol. The molecule has 0 heterocycles. The van der Waals surface area contributed by atoms with Crippen molar-refractivity contribution in [2.24, 2.45) is 0 Å². The van der Waals surface area contributed by atoms with Crippen LogP contribution in [-0.2, 0) is 9.84 Å². The molecule has 0 aliphatic heterocycles. The second-order valence-corrected chi connectivity index (χ2v) is 7.93. The van der Waals surface area contributed by atoms with Crippen LogP contribution < -0.4 is 0 Å². The molecule has 0 spiro atoms. The Labute approximate surface area is 159 Å². The van der Waals surface area contributed by atoms with E-state index < -0.39 is 20.2 Å². The first kappa shape index (κ1) is 19.7. The van der Waals surface area contributed by atoms with Gasteiger partial charge in [0.1, 0.15) is 5.75 Å². The highest BCUT2D eigenvalue weighted by atomic mass is 32.2. The van der Waals surface area contributed by atoms with E-state index in [2.05, 4.69) is 0 Å². The lowest BCUT2D eigenvalue weighted by Crippen LogP contribution is -2.23. The van der Waals surface area contributed by atoms with Crippen LogP contribution in [-0.4, -0.2) is 19.0 Å². The zero-order chi connectivity index (χ0) is 20.4. The maximum Gasteiger partial charge on any atom is 0.501 e. The van der Waals surface area contributed by atoms with Gasteiger partial charge in [0.25, 0.3) is 9.84 Å². The molecule has 1 N–H and O–H groups in total. The lowest BCUT2D eigenvalue weighted by Gasteiger charge is -2.08. The summed E-state index contributed by atoms with van der Waals surface area (Å²) >= 11 is 0. The highest BCUT2D eigenvalue weighted by Crippen LogP contribution is 2.31. The molecule has 28 heavy (non-hydrogen) atoms. The number of hydrogen-bond acceptors (Lipinski definition) is 3. The van der Waals surface area contributed by atoms with Crippen LogP contribution >= 0.6 is 0 Å². The number of fused-ring (bicyclic) bond motifs is 2.